The Morgan fingerprint density at radius 3 is 2.75 bits per heavy atom. The van der Waals surface area contributed by atoms with E-state index in [0.717, 1.165) is 10.2 Å². The topological polar surface area (TPSA) is 62.6 Å². The number of hydrogen-bond acceptors (Lipinski definition) is 5. The Kier molecular flexibility index (Phi) is 7.05. The van der Waals surface area contributed by atoms with Crippen molar-refractivity contribution >= 4 is 27.6 Å². The first-order valence-corrected chi connectivity index (χ1v) is 6.92. The average molecular weight is 341 g/mol. The van der Waals surface area contributed by atoms with Gasteiger partial charge in [-0.1, -0.05) is 6.07 Å². The molecule has 20 heavy (non-hydrogen) atoms. The summed E-state index contributed by atoms with van der Waals surface area (Å²) in [5.74, 6) is -0.277. The van der Waals surface area contributed by atoms with Gasteiger partial charge in [0.25, 0.3) is 0 Å². The van der Waals surface area contributed by atoms with Crippen molar-refractivity contribution in [2.24, 2.45) is 0 Å². The average Bonchev–Trinajstić information content (AvgIpc) is 2.46. The molecule has 6 heteroatoms. The van der Waals surface area contributed by atoms with E-state index in [1.165, 1.54) is 7.11 Å². The highest BCUT2D eigenvalue weighted by molar-refractivity contribution is 9.10. The first-order chi connectivity index (χ1) is 9.63. The van der Waals surface area contributed by atoms with Gasteiger partial charge in [0.15, 0.2) is 0 Å². The number of ether oxygens (including phenoxy) is 2. The quantitative estimate of drug-likeness (QED) is 0.713. The Hall–Kier alpha value is -1.58. The molecule has 0 N–H and O–H groups in total. The molecule has 0 aliphatic carbocycles. The van der Waals surface area contributed by atoms with Crippen molar-refractivity contribution in [2.75, 3.05) is 38.8 Å². The van der Waals surface area contributed by atoms with Crippen LogP contribution in [0.25, 0.3) is 0 Å². The molecule has 0 unspecified atom stereocenters. The molecule has 0 aliphatic heterocycles. The van der Waals surface area contributed by atoms with E-state index in [4.69, 9.17) is 4.74 Å². The van der Waals surface area contributed by atoms with Gasteiger partial charge in [0, 0.05) is 24.7 Å². The summed E-state index contributed by atoms with van der Waals surface area (Å²) in [5, 5.41) is 9.27. The van der Waals surface area contributed by atoms with E-state index >= 15 is 0 Å². The summed E-state index contributed by atoms with van der Waals surface area (Å²) < 4.78 is 10.5. The van der Waals surface area contributed by atoms with Gasteiger partial charge in [-0.05, 0) is 28.1 Å². The van der Waals surface area contributed by atoms with Crippen LogP contribution in [0.2, 0.25) is 0 Å². The molecule has 0 radical (unpaired) electrons. The molecular formula is C14H17BrN2O3. The van der Waals surface area contributed by atoms with Gasteiger partial charge >= 0.3 is 5.97 Å². The van der Waals surface area contributed by atoms with Crippen LogP contribution >= 0.6 is 15.9 Å². The maximum absolute atomic E-state index is 11.3. The van der Waals surface area contributed by atoms with Gasteiger partial charge < -0.3 is 14.4 Å². The minimum Gasteiger partial charge on any atom is -0.469 e. The number of nitriles is 1. The maximum atomic E-state index is 11.3. The molecule has 0 fully saturated rings. The highest BCUT2D eigenvalue weighted by atomic mass is 79.9. The summed E-state index contributed by atoms with van der Waals surface area (Å²) in [5.41, 5.74) is 1.33. The first-order valence-electron chi connectivity index (χ1n) is 6.13. The molecule has 0 aliphatic rings. The fourth-order valence-electron chi connectivity index (χ4n) is 1.77. The summed E-state index contributed by atoms with van der Waals surface area (Å²) >= 11 is 3.37. The second kappa shape index (κ2) is 8.56. The van der Waals surface area contributed by atoms with Crippen molar-refractivity contribution in [1.29, 1.82) is 5.26 Å². The van der Waals surface area contributed by atoms with Gasteiger partial charge in [0.05, 0.1) is 31.4 Å². The van der Waals surface area contributed by atoms with Crippen LogP contribution in [0.3, 0.4) is 0 Å². The van der Waals surface area contributed by atoms with E-state index in [9.17, 15) is 10.1 Å². The minimum absolute atomic E-state index is 0.262. The zero-order chi connectivity index (χ0) is 15.0. The SMILES string of the molecule is COCCN(CCC(=O)OC)c1cccc(Br)c1C#N. The molecule has 5 nitrogen and oxygen atoms in total. The number of esters is 1. The summed E-state index contributed by atoms with van der Waals surface area (Å²) in [6, 6.07) is 7.71. The molecule has 108 valence electrons. The van der Waals surface area contributed by atoms with Crippen LogP contribution in [0, 0.1) is 11.3 Å². The largest absolute Gasteiger partial charge is 0.469 e. The third-order valence-electron chi connectivity index (χ3n) is 2.82. The van der Waals surface area contributed by atoms with E-state index in [-0.39, 0.29) is 12.4 Å². The third-order valence-corrected chi connectivity index (χ3v) is 3.48. The van der Waals surface area contributed by atoms with E-state index in [1.807, 2.05) is 23.1 Å². The van der Waals surface area contributed by atoms with Gasteiger partial charge in [0.2, 0.25) is 0 Å². The number of carbonyl (C=O) groups is 1. The number of hydrogen-bond donors (Lipinski definition) is 0. The molecule has 0 amide bonds. The lowest BCUT2D eigenvalue weighted by Gasteiger charge is -2.25. The number of halogens is 1. The molecule has 1 rings (SSSR count). The number of rotatable bonds is 7. The Balaban J connectivity index is 2.95. The second-order valence-corrected chi connectivity index (χ2v) is 4.91. The predicted octanol–water partition coefficient (Wildman–Crippen LogP) is 2.34. The van der Waals surface area contributed by atoms with Gasteiger partial charge in [-0.3, -0.25) is 4.79 Å². The molecule has 0 bridgehead atoms. The van der Waals surface area contributed by atoms with Gasteiger partial charge in [-0.2, -0.15) is 5.26 Å². The predicted molar refractivity (Wildman–Crippen MR) is 79.6 cm³/mol. The lowest BCUT2D eigenvalue weighted by molar-refractivity contribution is -0.140. The molecule has 0 saturated carbocycles. The molecule has 0 heterocycles. The zero-order valence-corrected chi connectivity index (χ0v) is 13.1. The highest BCUT2D eigenvalue weighted by Gasteiger charge is 2.15. The fraction of sp³-hybridized carbons (Fsp3) is 0.429. The first kappa shape index (κ1) is 16.5. The van der Waals surface area contributed by atoms with Crippen LogP contribution in [0.5, 0.6) is 0 Å². The van der Waals surface area contributed by atoms with Gasteiger partial charge in [0.1, 0.15) is 6.07 Å². The van der Waals surface area contributed by atoms with E-state index in [1.54, 1.807) is 7.11 Å². The standard InChI is InChI=1S/C14H17BrN2O3/c1-19-9-8-17(7-6-14(18)20-2)13-5-3-4-12(15)11(13)10-16/h3-5H,6-9H2,1-2H3. The summed E-state index contributed by atoms with van der Waals surface area (Å²) in [6.45, 7) is 1.58. The van der Waals surface area contributed by atoms with Gasteiger partial charge in [-0.15, -0.1) is 0 Å². The Labute approximate surface area is 127 Å². The Morgan fingerprint density at radius 2 is 2.15 bits per heavy atom. The van der Waals surface area contributed by atoms with Crippen LogP contribution in [0.15, 0.2) is 22.7 Å². The molecular weight excluding hydrogens is 324 g/mol. The summed E-state index contributed by atoms with van der Waals surface area (Å²) in [7, 11) is 2.98. The highest BCUT2D eigenvalue weighted by Crippen LogP contribution is 2.27. The third kappa shape index (κ3) is 4.51. The van der Waals surface area contributed by atoms with Crippen LogP contribution in [0.1, 0.15) is 12.0 Å². The lowest BCUT2D eigenvalue weighted by atomic mass is 10.1. The summed E-state index contributed by atoms with van der Waals surface area (Å²) in [4.78, 5) is 13.2. The van der Waals surface area contributed by atoms with Crippen molar-refractivity contribution in [3.05, 3.63) is 28.2 Å². The normalized spacial score (nSPS) is 9.90. The van der Waals surface area contributed by atoms with Crippen LogP contribution in [-0.4, -0.2) is 39.9 Å². The fourth-order valence-corrected chi connectivity index (χ4v) is 2.21. The molecule has 0 saturated heterocycles. The van der Waals surface area contributed by atoms with Crippen LogP contribution in [0.4, 0.5) is 5.69 Å². The number of carbonyl (C=O) groups excluding carboxylic acids is 1. The van der Waals surface area contributed by atoms with Crippen LogP contribution in [-0.2, 0) is 14.3 Å². The Bertz CT molecular complexity index is 500. The molecule has 0 aromatic heterocycles. The monoisotopic (exact) mass is 340 g/mol. The van der Waals surface area contributed by atoms with Gasteiger partial charge in [-0.25, -0.2) is 0 Å². The van der Waals surface area contributed by atoms with Crippen molar-refractivity contribution in [1.82, 2.24) is 0 Å². The lowest BCUT2D eigenvalue weighted by Crippen LogP contribution is -2.30. The van der Waals surface area contributed by atoms with E-state index in [2.05, 4.69) is 26.7 Å². The van der Waals surface area contributed by atoms with Crippen molar-refractivity contribution in [2.45, 2.75) is 6.42 Å². The maximum Gasteiger partial charge on any atom is 0.307 e. The molecule has 1 aromatic carbocycles. The zero-order valence-electron chi connectivity index (χ0n) is 11.6. The van der Waals surface area contributed by atoms with Crippen molar-refractivity contribution in [3.8, 4) is 6.07 Å². The minimum atomic E-state index is -0.277. The summed E-state index contributed by atoms with van der Waals surface area (Å²) in [6.07, 6.45) is 0.262. The van der Waals surface area contributed by atoms with Crippen molar-refractivity contribution in [3.63, 3.8) is 0 Å². The second-order valence-electron chi connectivity index (χ2n) is 4.05. The van der Waals surface area contributed by atoms with Crippen LogP contribution < -0.4 is 4.90 Å². The smallest absolute Gasteiger partial charge is 0.307 e. The van der Waals surface area contributed by atoms with E-state index < -0.39 is 0 Å². The molecule has 0 spiro atoms. The molecule has 1 aromatic rings. The van der Waals surface area contributed by atoms with E-state index in [0.29, 0.717) is 25.3 Å². The number of methoxy groups -OCH3 is 2. The van der Waals surface area contributed by atoms with Crippen molar-refractivity contribution < 1.29 is 14.3 Å². The Morgan fingerprint density at radius 1 is 1.40 bits per heavy atom. The number of anilines is 1. The number of nitrogens with zero attached hydrogens (tertiary/aromatic N) is 2. The molecule has 0 atom stereocenters. The number of benzene rings is 1.